The molecule has 0 heterocycles. The van der Waals surface area contributed by atoms with Gasteiger partial charge in [-0.15, -0.1) is 12.4 Å². The first-order valence-electron chi connectivity index (χ1n) is 3.80. The van der Waals surface area contributed by atoms with Crippen molar-refractivity contribution in [2.75, 3.05) is 5.32 Å². The van der Waals surface area contributed by atoms with Gasteiger partial charge in [-0.3, -0.25) is 0 Å². The number of anilines is 1. The summed E-state index contributed by atoms with van der Waals surface area (Å²) in [5.74, 6) is 0. The van der Waals surface area contributed by atoms with Crippen LogP contribution in [0.1, 0.15) is 6.92 Å². The molecule has 1 rings (SSSR count). The van der Waals surface area contributed by atoms with Crippen LogP contribution < -0.4 is 5.32 Å². The lowest BCUT2D eigenvalue weighted by atomic mass is 10.3. The Morgan fingerprint density at radius 3 is 2.15 bits per heavy atom. The van der Waals surface area contributed by atoms with E-state index in [0.717, 1.165) is 5.69 Å². The molecule has 1 aromatic rings. The summed E-state index contributed by atoms with van der Waals surface area (Å²) in [4.78, 5) is 0. The lowest BCUT2D eigenvalue weighted by Crippen LogP contribution is -2.23. The molecule has 1 N–H and O–H groups in total. The summed E-state index contributed by atoms with van der Waals surface area (Å²) < 4.78 is 24.1. The van der Waals surface area contributed by atoms with Gasteiger partial charge in [0.2, 0.25) is 0 Å². The van der Waals surface area contributed by atoms with Crippen LogP contribution >= 0.6 is 12.4 Å². The second-order valence-electron chi connectivity index (χ2n) is 2.63. The van der Waals surface area contributed by atoms with Crippen LogP contribution in [-0.4, -0.2) is 12.5 Å². The van der Waals surface area contributed by atoms with E-state index in [9.17, 15) is 8.78 Å². The highest BCUT2D eigenvalue weighted by atomic mass is 35.5. The van der Waals surface area contributed by atoms with Crippen molar-refractivity contribution in [1.29, 1.82) is 0 Å². The fraction of sp³-hybridized carbons (Fsp3) is 0.333. The predicted molar refractivity (Wildman–Crippen MR) is 52.8 cm³/mol. The molecule has 0 bridgehead atoms. The van der Waals surface area contributed by atoms with E-state index in [-0.39, 0.29) is 12.4 Å². The van der Waals surface area contributed by atoms with E-state index in [1.165, 1.54) is 6.92 Å². The minimum absolute atomic E-state index is 0. The SMILES string of the molecule is CC(Nc1ccccc1)C(F)F.Cl. The number of benzene rings is 1. The lowest BCUT2D eigenvalue weighted by molar-refractivity contribution is 0.131. The summed E-state index contributed by atoms with van der Waals surface area (Å²) in [6.07, 6.45) is -2.33. The zero-order valence-corrected chi connectivity index (χ0v) is 8.02. The molecule has 0 amide bonds. The highest BCUT2D eigenvalue weighted by Crippen LogP contribution is 2.10. The summed E-state index contributed by atoms with van der Waals surface area (Å²) in [6.45, 7) is 1.46. The number of para-hydroxylation sites is 1. The monoisotopic (exact) mass is 207 g/mol. The van der Waals surface area contributed by atoms with Gasteiger partial charge in [0, 0.05) is 5.69 Å². The average molecular weight is 208 g/mol. The van der Waals surface area contributed by atoms with Crippen LogP contribution in [0.25, 0.3) is 0 Å². The van der Waals surface area contributed by atoms with Crippen LogP contribution in [0.4, 0.5) is 14.5 Å². The molecule has 4 heteroatoms. The third kappa shape index (κ3) is 4.08. The normalized spacial score (nSPS) is 12.0. The molecule has 1 nitrogen and oxygen atoms in total. The molecule has 1 unspecified atom stereocenters. The molecule has 0 aliphatic carbocycles. The van der Waals surface area contributed by atoms with E-state index >= 15 is 0 Å². The minimum atomic E-state index is -2.33. The average Bonchev–Trinajstić information content (AvgIpc) is 2.06. The zero-order valence-electron chi connectivity index (χ0n) is 7.21. The second kappa shape index (κ2) is 5.75. The first kappa shape index (κ1) is 12.2. The molecule has 0 radical (unpaired) electrons. The first-order valence-corrected chi connectivity index (χ1v) is 3.80. The molecule has 0 aliphatic rings. The van der Waals surface area contributed by atoms with Gasteiger partial charge in [0.05, 0.1) is 6.04 Å². The van der Waals surface area contributed by atoms with Crippen LogP contribution in [0.5, 0.6) is 0 Å². The Hall–Kier alpha value is -0.830. The van der Waals surface area contributed by atoms with Crippen molar-refractivity contribution < 1.29 is 8.78 Å². The number of hydrogen-bond acceptors (Lipinski definition) is 1. The maximum Gasteiger partial charge on any atom is 0.258 e. The van der Waals surface area contributed by atoms with Crippen LogP contribution in [0.3, 0.4) is 0 Å². The summed E-state index contributed by atoms with van der Waals surface area (Å²) in [7, 11) is 0. The van der Waals surface area contributed by atoms with E-state index in [1.807, 2.05) is 6.07 Å². The van der Waals surface area contributed by atoms with Crippen LogP contribution in [0.2, 0.25) is 0 Å². The molecule has 74 valence electrons. The molecular formula is C9H12ClF2N. The highest BCUT2D eigenvalue weighted by Gasteiger charge is 2.12. The number of halogens is 3. The van der Waals surface area contributed by atoms with Crippen molar-refractivity contribution in [3.63, 3.8) is 0 Å². The highest BCUT2D eigenvalue weighted by molar-refractivity contribution is 5.85. The van der Waals surface area contributed by atoms with E-state index in [4.69, 9.17) is 0 Å². The Balaban J connectivity index is 0.00000144. The van der Waals surface area contributed by atoms with Gasteiger partial charge >= 0.3 is 0 Å². The van der Waals surface area contributed by atoms with Crippen molar-refractivity contribution in [3.05, 3.63) is 30.3 Å². The van der Waals surface area contributed by atoms with Crippen molar-refractivity contribution in [1.82, 2.24) is 0 Å². The zero-order chi connectivity index (χ0) is 8.97. The van der Waals surface area contributed by atoms with Gasteiger partial charge in [-0.05, 0) is 19.1 Å². The Labute approximate surface area is 82.6 Å². The Bertz CT molecular complexity index is 228. The third-order valence-electron chi connectivity index (χ3n) is 1.55. The van der Waals surface area contributed by atoms with Gasteiger partial charge in [0.15, 0.2) is 0 Å². The molecule has 0 aliphatic heterocycles. The number of nitrogens with one attached hydrogen (secondary N) is 1. The topological polar surface area (TPSA) is 12.0 Å². The van der Waals surface area contributed by atoms with E-state index in [2.05, 4.69) is 5.32 Å². The van der Waals surface area contributed by atoms with E-state index in [1.54, 1.807) is 24.3 Å². The van der Waals surface area contributed by atoms with Crippen LogP contribution in [-0.2, 0) is 0 Å². The molecule has 0 aromatic heterocycles. The summed E-state index contributed by atoms with van der Waals surface area (Å²) >= 11 is 0. The summed E-state index contributed by atoms with van der Waals surface area (Å²) in [5, 5.41) is 2.69. The second-order valence-corrected chi connectivity index (χ2v) is 2.63. The quantitative estimate of drug-likeness (QED) is 0.803. The third-order valence-corrected chi connectivity index (χ3v) is 1.55. The van der Waals surface area contributed by atoms with E-state index < -0.39 is 12.5 Å². The van der Waals surface area contributed by atoms with Crippen LogP contribution in [0, 0.1) is 0 Å². The molecule has 0 fully saturated rings. The largest absolute Gasteiger partial charge is 0.377 e. The number of hydrogen-bond donors (Lipinski definition) is 1. The van der Waals surface area contributed by atoms with Crippen LogP contribution in [0.15, 0.2) is 30.3 Å². The van der Waals surface area contributed by atoms with Gasteiger partial charge in [0.25, 0.3) is 6.43 Å². The van der Waals surface area contributed by atoms with Gasteiger partial charge in [-0.1, -0.05) is 18.2 Å². The minimum Gasteiger partial charge on any atom is -0.377 e. The molecular weight excluding hydrogens is 196 g/mol. The van der Waals surface area contributed by atoms with Gasteiger partial charge in [-0.2, -0.15) is 0 Å². The Morgan fingerprint density at radius 1 is 1.15 bits per heavy atom. The van der Waals surface area contributed by atoms with Crippen molar-refractivity contribution in [2.45, 2.75) is 19.4 Å². The predicted octanol–water partition coefficient (Wildman–Crippen LogP) is 3.17. The van der Waals surface area contributed by atoms with Crippen molar-refractivity contribution in [2.24, 2.45) is 0 Å². The van der Waals surface area contributed by atoms with Crippen molar-refractivity contribution >= 4 is 18.1 Å². The molecule has 0 spiro atoms. The van der Waals surface area contributed by atoms with Gasteiger partial charge in [0.1, 0.15) is 0 Å². The maximum absolute atomic E-state index is 12.1. The molecule has 0 saturated heterocycles. The fourth-order valence-corrected chi connectivity index (χ4v) is 0.860. The molecule has 1 aromatic carbocycles. The molecule has 1 atom stereocenters. The van der Waals surface area contributed by atoms with Crippen molar-refractivity contribution in [3.8, 4) is 0 Å². The first-order chi connectivity index (χ1) is 5.70. The Morgan fingerprint density at radius 2 is 1.69 bits per heavy atom. The summed E-state index contributed by atoms with van der Waals surface area (Å²) in [5.41, 5.74) is 0.727. The molecule has 13 heavy (non-hydrogen) atoms. The Kier molecular flexibility index (Phi) is 5.39. The fourth-order valence-electron chi connectivity index (χ4n) is 0.860. The van der Waals surface area contributed by atoms with E-state index in [0.29, 0.717) is 0 Å². The lowest BCUT2D eigenvalue weighted by Gasteiger charge is -2.13. The van der Waals surface area contributed by atoms with Gasteiger partial charge < -0.3 is 5.32 Å². The summed E-state index contributed by atoms with van der Waals surface area (Å²) in [6, 6.07) is 8.18. The smallest absolute Gasteiger partial charge is 0.258 e. The maximum atomic E-state index is 12.1. The van der Waals surface area contributed by atoms with Gasteiger partial charge in [-0.25, -0.2) is 8.78 Å². The standard InChI is InChI=1S/C9H11F2N.ClH/c1-7(9(10)11)12-8-5-3-2-4-6-8;/h2-7,9,12H,1H3;1H. The molecule has 0 saturated carbocycles. The number of rotatable bonds is 3. The number of alkyl halides is 2.